The molecule has 1 aliphatic rings. The molecule has 0 atom stereocenters. The van der Waals surface area contributed by atoms with Gasteiger partial charge in [0.05, 0.1) is 0 Å². The lowest BCUT2D eigenvalue weighted by Gasteiger charge is -2.20. The third kappa shape index (κ3) is 4.62. The first kappa shape index (κ1) is 20.4. The molecule has 0 unspecified atom stereocenters. The molecule has 1 aliphatic heterocycles. The molecule has 2 N–H and O–H groups in total. The van der Waals surface area contributed by atoms with Crippen LogP contribution >= 0.6 is 12.2 Å². The zero-order valence-electron chi connectivity index (χ0n) is 17.3. The second-order valence-corrected chi connectivity index (χ2v) is 8.18. The van der Waals surface area contributed by atoms with Gasteiger partial charge in [-0.05, 0) is 72.4 Å². The van der Waals surface area contributed by atoms with E-state index in [-0.39, 0.29) is 5.91 Å². The molecule has 0 spiro atoms. The van der Waals surface area contributed by atoms with Crippen molar-refractivity contribution >= 4 is 45.4 Å². The number of thiocarbonyl (C=S) groups is 1. The van der Waals surface area contributed by atoms with Gasteiger partial charge in [-0.25, -0.2) is 0 Å². The highest BCUT2D eigenvalue weighted by molar-refractivity contribution is 7.80. The molecule has 154 valence electrons. The first-order valence-electron chi connectivity index (χ1n) is 10.5. The van der Waals surface area contributed by atoms with Gasteiger partial charge in [-0.15, -0.1) is 0 Å². The molecule has 0 bridgehead atoms. The van der Waals surface area contributed by atoms with Gasteiger partial charge in [0.2, 0.25) is 5.91 Å². The van der Waals surface area contributed by atoms with Gasteiger partial charge in [0.25, 0.3) is 0 Å². The van der Waals surface area contributed by atoms with Gasteiger partial charge < -0.3 is 15.5 Å². The molecule has 0 aliphatic carbocycles. The molecule has 3 aromatic rings. The lowest BCUT2D eigenvalue weighted by Crippen LogP contribution is -2.30. The molecule has 1 heterocycles. The van der Waals surface area contributed by atoms with E-state index in [9.17, 15) is 4.79 Å². The van der Waals surface area contributed by atoms with Gasteiger partial charge in [0.1, 0.15) is 0 Å². The number of benzene rings is 3. The van der Waals surface area contributed by atoms with Crippen LogP contribution in [0.1, 0.15) is 30.4 Å². The first-order valence-corrected chi connectivity index (χ1v) is 10.9. The van der Waals surface area contributed by atoms with Crippen LogP contribution in [0, 0.1) is 6.92 Å². The Morgan fingerprint density at radius 1 is 1.10 bits per heavy atom. The normalized spacial score (nSPS) is 13.6. The van der Waals surface area contributed by atoms with E-state index in [0.29, 0.717) is 11.5 Å². The number of hydrogen-bond acceptors (Lipinski definition) is 2. The van der Waals surface area contributed by atoms with Crippen molar-refractivity contribution in [2.24, 2.45) is 0 Å². The van der Waals surface area contributed by atoms with Gasteiger partial charge in [-0.2, -0.15) is 0 Å². The molecule has 0 saturated carbocycles. The highest BCUT2D eigenvalue weighted by Crippen LogP contribution is 2.28. The topological polar surface area (TPSA) is 44.4 Å². The summed E-state index contributed by atoms with van der Waals surface area (Å²) in [6.07, 6.45) is 3.56. The molecular formula is C25H27N3OS. The fraction of sp³-hybridized carbons (Fsp3) is 0.280. The van der Waals surface area contributed by atoms with Crippen molar-refractivity contribution < 1.29 is 4.79 Å². The van der Waals surface area contributed by atoms with E-state index in [1.54, 1.807) is 0 Å². The minimum absolute atomic E-state index is 0.199. The average molecular weight is 418 g/mol. The Morgan fingerprint density at radius 3 is 2.77 bits per heavy atom. The molecule has 4 rings (SSSR count). The maximum absolute atomic E-state index is 12.1. The quantitative estimate of drug-likeness (QED) is 0.428. The zero-order valence-corrected chi connectivity index (χ0v) is 18.1. The van der Waals surface area contributed by atoms with Crippen molar-refractivity contribution in [3.05, 3.63) is 71.8 Å². The molecule has 3 aromatic carbocycles. The number of hydrogen-bond donors (Lipinski definition) is 2. The Kier molecular flexibility index (Phi) is 6.29. The smallest absolute Gasteiger partial charge is 0.227 e. The minimum atomic E-state index is 0.199. The summed E-state index contributed by atoms with van der Waals surface area (Å²) in [4.78, 5) is 14.0. The molecular weight excluding hydrogens is 390 g/mol. The molecule has 1 fully saturated rings. The fourth-order valence-electron chi connectivity index (χ4n) is 4.05. The van der Waals surface area contributed by atoms with E-state index in [4.69, 9.17) is 12.2 Å². The Balaban J connectivity index is 1.30. The number of amides is 1. The van der Waals surface area contributed by atoms with Crippen LogP contribution < -0.4 is 15.5 Å². The predicted octanol–water partition coefficient (Wildman–Crippen LogP) is 5.19. The van der Waals surface area contributed by atoms with E-state index >= 15 is 0 Å². The summed E-state index contributed by atoms with van der Waals surface area (Å²) in [5, 5.41) is 9.77. The minimum Gasteiger partial charge on any atom is -0.362 e. The Hall–Kier alpha value is -2.92. The summed E-state index contributed by atoms with van der Waals surface area (Å²) in [6, 6.07) is 21.0. The highest BCUT2D eigenvalue weighted by Gasteiger charge is 2.23. The Bertz CT molecular complexity index is 1070. The lowest BCUT2D eigenvalue weighted by atomic mass is 10.0. The van der Waals surface area contributed by atoms with Crippen molar-refractivity contribution in [2.75, 3.05) is 23.3 Å². The third-order valence-corrected chi connectivity index (χ3v) is 5.87. The summed E-state index contributed by atoms with van der Waals surface area (Å²) in [5.74, 6) is 0.199. The van der Waals surface area contributed by atoms with Gasteiger partial charge in [-0.1, -0.05) is 48.5 Å². The molecule has 4 nitrogen and oxygen atoms in total. The van der Waals surface area contributed by atoms with Gasteiger partial charge in [0, 0.05) is 30.9 Å². The lowest BCUT2D eigenvalue weighted by molar-refractivity contribution is -0.117. The number of aryl methyl sites for hydroxylation is 2. The molecule has 1 saturated heterocycles. The summed E-state index contributed by atoms with van der Waals surface area (Å²) in [7, 11) is 0. The summed E-state index contributed by atoms with van der Waals surface area (Å²) in [6.45, 7) is 3.63. The molecule has 1 amide bonds. The van der Waals surface area contributed by atoms with Crippen molar-refractivity contribution in [3.63, 3.8) is 0 Å². The number of fused-ring (bicyclic) bond motifs is 1. The highest BCUT2D eigenvalue weighted by atomic mass is 32.1. The van der Waals surface area contributed by atoms with E-state index in [1.165, 1.54) is 16.3 Å². The van der Waals surface area contributed by atoms with Crippen molar-refractivity contribution in [1.29, 1.82) is 0 Å². The van der Waals surface area contributed by atoms with Crippen LogP contribution in [0.3, 0.4) is 0 Å². The monoisotopic (exact) mass is 417 g/mol. The first-order chi connectivity index (χ1) is 14.6. The molecule has 5 heteroatoms. The number of nitrogens with zero attached hydrogens (tertiary/aromatic N) is 1. The average Bonchev–Trinajstić information content (AvgIpc) is 3.18. The van der Waals surface area contributed by atoms with E-state index in [2.05, 4.69) is 53.1 Å². The standard InChI is InChI=1S/C25H27N3OS/c1-18-13-14-21(17-23(18)28-16-6-12-24(28)29)27-25(30)26-15-5-10-20-9-4-8-19-7-2-3-11-22(19)20/h2-4,7-9,11,13-14,17H,5-6,10,12,15-16H2,1H3,(H2,26,27,30). The van der Waals surface area contributed by atoms with E-state index < -0.39 is 0 Å². The van der Waals surface area contributed by atoms with Gasteiger partial charge in [-0.3, -0.25) is 4.79 Å². The van der Waals surface area contributed by atoms with Crippen LogP contribution in [-0.2, 0) is 11.2 Å². The van der Waals surface area contributed by atoms with Crippen LogP contribution in [0.2, 0.25) is 0 Å². The van der Waals surface area contributed by atoms with Crippen LogP contribution in [0.4, 0.5) is 11.4 Å². The summed E-state index contributed by atoms with van der Waals surface area (Å²) in [5.41, 5.74) is 4.35. The summed E-state index contributed by atoms with van der Waals surface area (Å²) < 4.78 is 0. The van der Waals surface area contributed by atoms with Crippen LogP contribution in [0.25, 0.3) is 10.8 Å². The van der Waals surface area contributed by atoms with Gasteiger partial charge in [0.15, 0.2) is 5.11 Å². The number of carbonyl (C=O) groups excluding carboxylic acids is 1. The van der Waals surface area contributed by atoms with Crippen LogP contribution in [0.5, 0.6) is 0 Å². The maximum atomic E-state index is 12.1. The number of nitrogens with one attached hydrogen (secondary N) is 2. The summed E-state index contributed by atoms with van der Waals surface area (Å²) >= 11 is 5.47. The van der Waals surface area contributed by atoms with Crippen molar-refractivity contribution in [1.82, 2.24) is 5.32 Å². The predicted molar refractivity (Wildman–Crippen MR) is 129 cm³/mol. The van der Waals surface area contributed by atoms with E-state index in [1.807, 2.05) is 30.0 Å². The van der Waals surface area contributed by atoms with Gasteiger partial charge >= 0.3 is 0 Å². The SMILES string of the molecule is Cc1ccc(NC(=S)NCCCc2cccc3ccccc23)cc1N1CCCC1=O. The van der Waals surface area contributed by atoms with Crippen molar-refractivity contribution in [2.45, 2.75) is 32.6 Å². The maximum Gasteiger partial charge on any atom is 0.227 e. The van der Waals surface area contributed by atoms with E-state index in [0.717, 1.165) is 49.3 Å². The Morgan fingerprint density at radius 2 is 1.93 bits per heavy atom. The molecule has 0 aromatic heterocycles. The molecule has 0 radical (unpaired) electrons. The fourth-order valence-corrected chi connectivity index (χ4v) is 4.27. The van der Waals surface area contributed by atoms with Crippen LogP contribution in [-0.4, -0.2) is 24.1 Å². The number of rotatable bonds is 6. The molecule has 30 heavy (non-hydrogen) atoms. The number of anilines is 2. The zero-order chi connectivity index (χ0) is 20.9. The number of carbonyl (C=O) groups is 1. The second-order valence-electron chi connectivity index (χ2n) is 7.77. The largest absolute Gasteiger partial charge is 0.362 e. The second kappa shape index (κ2) is 9.26. The van der Waals surface area contributed by atoms with Crippen LogP contribution in [0.15, 0.2) is 60.7 Å². The Labute approximate surface area is 183 Å². The third-order valence-electron chi connectivity index (χ3n) is 5.62. The van der Waals surface area contributed by atoms with Crippen molar-refractivity contribution in [3.8, 4) is 0 Å².